The minimum atomic E-state index is -1.89. The van der Waals surface area contributed by atoms with Crippen LogP contribution in [-0.4, -0.2) is 75.7 Å². The molecule has 0 bridgehead atoms. The van der Waals surface area contributed by atoms with Gasteiger partial charge < -0.3 is 28.4 Å². The maximum absolute atomic E-state index is 17.2. The number of halogens is 2. The fourth-order valence-corrected chi connectivity index (χ4v) is 7.06. The van der Waals surface area contributed by atoms with Crippen molar-refractivity contribution in [1.29, 1.82) is 0 Å². The number of carbonyl (C=O) groups is 2. The van der Waals surface area contributed by atoms with Crippen molar-refractivity contribution in [3.05, 3.63) is 78.2 Å². The highest BCUT2D eigenvalue weighted by atomic mass is 35.5. The number of alkyl halides is 1. The number of piperidine rings is 1. The largest absolute Gasteiger partial charge is 0.472 e. The molecule has 0 saturated carbocycles. The van der Waals surface area contributed by atoms with Crippen LogP contribution in [0.3, 0.4) is 0 Å². The van der Waals surface area contributed by atoms with Crippen LogP contribution in [-0.2, 0) is 31.3 Å². The van der Waals surface area contributed by atoms with Crippen LogP contribution in [0.2, 0.25) is 5.02 Å². The van der Waals surface area contributed by atoms with Crippen LogP contribution in [0.1, 0.15) is 58.8 Å². The molecule has 4 aromatic rings. The fraction of sp³-hybridized carbons (Fsp3) is 0.462. The molecule has 11 nitrogen and oxygen atoms in total. The van der Waals surface area contributed by atoms with Crippen molar-refractivity contribution in [2.75, 3.05) is 31.1 Å². The molecule has 2 saturated heterocycles. The summed E-state index contributed by atoms with van der Waals surface area (Å²) in [5.74, 6) is -0.692. The lowest BCUT2D eigenvalue weighted by Crippen LogP contribution is -2.50. The van der Waals surface area contributed by atoms with E-state index in [-0.39, 0.29) is 67.4 Å². The molecule has 1 amide bonds. The van der Waals surface area contributed by atoms with Crippen molar-refractivity contribution in [1.82, 2.24) is 19.9 Å². The Kier molecular flexibility index (Phi) is 10.6. The predicted octanol–water partition coefficient (Wildman–Crippen LogP) is 7.35. The summed E-state index contributed by atoms with van der Waals surface area (Å²) < 4.78 is 41.7. The number of aromatic nitrogens is 3. The van der Waals surface area contributed by atoms with Gasteiger partial charge in [0.1, 0.15) is 41.1 Å². The first-order chi connectivity index (χ1) is 24.7. The van der Waals surface area contributed by atoms with Crippen molar-refractivity contribution < 1.29 is 32.6 Å². The highest BCUT2D eigenvalue weighted by molar-refractivity contribution is 6.30. The zero-order valence-corrected chi connectivity index (χ0v) is 31.0. The number of amides is 1. The molecule has 276 valence electrons. The molecular weight excluding hydrogens is 689 g/mol. The van der Waals surface area contributed by atoms with Crippen LogP contribution in [0.15, 0.2) is 66.3 Å². The molecule has 1 unspecified atom stereocenters. The van der Waals surface area contributed by atoms with Crippen LogP contribution in [0.25, 0.3) is 22.1 Å². The van der Waals surface area contributed by atoms with Gasteiger partial charge in [-0.1, -0.05) is 49.7 Å². The van der Waals surface area contributed by atoms with Gasteiger partial charge in [-0.15, -0.1) is 13.2 Å². The second-order valence-electron chi connectivity index (χ2n) is 14.5. The number of pyridine rings is 1. The first-order valence-corrected chi connectivity index (χ1v) is 17.9. The average molecular weight is 734 g/mol. The van der Waals surface area contributed by atoms with Gasteiger partial charge in [0.05, 0.1) is 29.7 Å². The Morgan fingerprint density at radius 2 is 1.98 bits per heavy atom. The molecular formula is C39H45ClFN5O6. The standard InChI is InChI=1S/C39H45ClFN5O6/c1-8-16-49-22-31-43-32-27-12-10-11-13-30(27)51-33(32)34(44-31)46-21-26(18-29(46)37(48)52-38(5,6)7)50-35-28(17-25(40)19-42-35)39(41)14-15-45(20-24(39)4)36(47)23(3)9-2/h8-13,17,19,23-24,26,29H,1-2,14-16,18,20-22H2,3-7H3/t23?,24-,26-,29-,39+/m0/s1. The Bertz CT molecular complexity index is 2000. The molecule has 2 aliphatic rings. The third-order valence-electron chi connectivity index (χ3n) is 9.55. The molecule has 2 aliphatic heterocycles. The van der Waals surface area contributed by atoms with Crippen LogP contribution >= 0.6 is 11.6 Å². The van der Waals surface area contributed by atoms with Gasteiger partial charge in [0.2, 0.25) is 11.8 Å². The summed E-state index contributed by atoms with van der Waals surface area (Å²) >= 11 is 6.41. The number of fused-ring (bicyclic) bond motifs is 3. The van der Waals surface area contributed by atoms with E-state index >= 15 is 4.39 Å². The van der Waals surface area contributed by atoms with E-state index in [9.17, 15) is 9.59 Å². The van der Waals surface area contributed by atoms with Crippen molar-refractivity contribution in [3.63, 3.8) is 0 Å². The van der Waals surface area contributed by atoms with Gasteiger partial charge in [-0.25, -0.2) is 24.1 Å². The molecule has 52 heavy (non-hydrogen) atoms. The van der Waals surface area contributed by atoms with Crippen LogP contribution in [0.5, 0.6) is 5.88 Å². The Morgan fingerprint density at radius 1 is 1.21 bits per heavy atom. The normalized spacial score (nSPS) is 22.8. The number of furan rings is 1. The number of benzene rings is 1. The number of rotatable bonds is 11. The summed E-state index contributed by atoms with van der Waals surface area (Å²) in [4.78, 5) is 44.4. The quantitative estimate of drug-likeness (QED) is 0.0879. The second-order valence-corrected chi connectivity index (χ2v) is 15.0. The number of nitrogens with zero attached hydrogens (tertiary/aromatic N) is 5. The number of hydrogen-bond acceptors (Lipinski definition) is 10. The number of ether oxygens (including phenoxy) is 3. The summed E-state index contributed by atoms with van der Waals surface area (Å²) in [6.45, 7) is 17.4. The summed E-state index contributed by atoms with van der Waals surface area (Å²) in [7, 11) is 0. The molecule has 0 N–H and O–H groups in total. The van der Waals surface area contributed by atoms with E-state index in [4.69, 9.17) is 40.2 Å². The number of likely N-dealkylation sites (tertiary alicyclic amines) is 1. The van der Waals surface area contributed by atoms with Crippen molar-refractivity contribution in [2.24, 2.45) is 11.8 Å². The van der Waals surface area contributed by atoms with Crippen LogP contribution < -0.4 is 9.64 Å². The van der Waals surface area contributed by atoms with Gasteiger partial charge in [0, 0.05) is 43.4 Å². The molecule has 2 fully saturated rings. The molecule has 0 radical (unpaired) electrons. The average Bonchev–Trinajstić information content (AvgIpc) is 3.70. The van der Waals surface area contributed by atoms with E-state index in [0.29, 0.717) is 34.9 Å². The molecule has 5 atom stereocenters. The summed E-state index contributed by atoms with van der Waals surface area (Å²) in [5, 5.41) is 1.04. The SMILES string of the molecule is C=CCOCc1nc(N2C[C@@H](Oc3ncc(Cl)cc3[C@@]3(F)CCN(C(=O)C(C)C=C)C[C@@H]3C)C[C@H]2C(=O)OC(C)(C)C)c2oc3ccccc3c2n1. The monoisotopic (exact) mass is 733 g/mol. The lowest BCUT2D eigenvalue weighted by Gasteiger charge is -2.42. The number of para-hydroxylation sites is 1. The van der Waals surface area contributed by atoms with E-state index in [1.807, 2.05) is 24.3 Å². The van der Waals surface area contributed by atoms with E-state index in [2.05, 4.69) is 18.1 Å². The highest BCUT2D eigenvalue weighted by Gasteiger charge is 2.48. The molecule has 13 heteroatoms. The van der Waals surface area contributed by atoms with Gasteiger partial charge in [-0.2, -0.15) is 0 Å². The highest BCUT2D eigenvalue weighted by Crippen LogP contribution is 2.46. The summed E-state index contributed by atoms with van der Waals surface area (Å²) in [6, 6.07) is 8.23. The van der Waals surface area contributed by atoms with Crippen LogP contribution in [0, 0.1) is 11.8 Å². The van der Waals surface area contributed by atoms with E-state index < -0.39 is 35.3 Å². The van der Waals surface area contributed by atoms with E-state index in [1.54, 1.807) is 62.6 Å². The van der Waals surface area contributed by atoms with Crippen molar-refractivity contribution in [3.8, 4) is 5.88 Å². The number of hydrogen-bond donors (Lipinski definition) is 0. The summed E-state index contributed by atoms with van der Waals surface area (Å²) in [6.07, 6.45) is 4.21. The first-order valence-electron chi connectivity index (χ1n) is 17.5. The number of carbonyl (C=O) groups excluding carboxylic acids is 2. The van der Waals surface area contributed by atoms with Gasteiger partial charge in [-0.3, -0.25) is 4.79 Å². The summed E-state index contributed by atoms with van der Waals surface area (Å²) in [5.41, 5.74) is -0.872. The molecule has 0 aliphatic carbocycles. The molecule has 6 rings (SSSR count). The predicted molar refractivity (Wildman–Crippen MR) is 197 cm³/mol. The van der Waals surface area contributed by atoms with Gasteiger partial charge in [0.25, 0.3) is 0 Å². The van der Waals surface area contributed by atoms with Crippen molar-refractivity contribution >= 4 is 51.4 Å². The minimum Gasteiger partial charge on any atom is -0.472 e. The zero-order valence-electron chi connectivity index (χ0n) is 30.2. The number of esters is 1. The van der Waals surface area contributed by atoms with E-state index in [1.165, 1.54) is 6.20 Å². The zero-order chi connectivity index (χ0) is 37.4. The minimum absolute atomic E-state index is 0.0289. The van der Waals surface area contributed by atoms with Gasteiger partial charge >= 0.3 is 5.97 Å². The van der Waals surface area contributed by atoms with Gasteiger partial charge in [0.15, 0.2) is 17.2 Å². The number of anilines is 1. The molecule has 0 spiro atoms. The molecule has 1 aromatic carbocycles. The Hall–Kier alpha value is -4.55. The Balaban J connectivity index is 1.36. The maximum Gasteiger partial charge on any atom is 0.329 e. The van der Waals surface area contributed by atoms with Crippen LogP contribution in [0.4, 0.5) is 10.2 Å². The lowest BCUT2D eigenvalue weighted by atomic mass is 9.78. The maximum atomic E-state index is 17.2. The third kappa shape index (κ3) is 7.50. The first kappa shape index (κ1) is 37.2. The molecule has 5 heterocycles. The smallest absolute Gasteiger partial charge is 0.329 e. The van der Waals surface area contributed by atoms with Gasteiger partial charge in [-0.05, 0) is 39.0 Å². The van der Waals surface area contributed by atoms with E-state index in [0.717, 1.165) is 5.39 Å². The third-order valence-corrected chi connectivity index (χ3v) is 9.75. The Labute approximate surface area is 307 Å². The topological polar surface area (TPSA) is 120 Å². The lowest BCUT2D eigenvalue weighted by molar-refractivity contribution is -0.156. The second kappa shape index (κ2) is 14.8. The Morgan fingerprint density at radius 3 is 2.69 bits per heavy atom. The fourth-order valence-electron chi connectivity index (χ4n) is 6.90. The molecule has 3 aromatic heterocycles. The van der Waals surface area contributed by atoms with Crippen molar-refractivity contribution in [2.45, 2.75) is 77.5 Å².